The van der Waals surface area contributed by atoms with Gasteiger partial charge in [0.2, 0.25) is 0 Å². The van der Waals surface area contributed by atoms with Gasteiger partial charge in [0.05, 0.1) is 37.3 Å². The Balaban J connectivity index is 0.00000139. The average Bonchev–Trinajstić information content (AvgIpc) is 3.04. The Morgan fingerprint density at radius 1 is 0.500 bits per heavy atom. The molecule has 0 fully saturated rings. The molecule has 0 unspecified atom stereocenters. The van der Waals surface area contributed by atoms with E-state index in [1.165, 1.54) is 160 Å². The molecule has 44 heavy (non-hydrogen) atoms. The molecule has 0 aliphatic carbocycles. The molecule has 0 saturated heterocycles. The monoisotopic (exact) mass is 636 g/mol. The van der Waals surface area contributed by atoms with E-state index < -0.39 is 13.2 Å². The van der Waals surface area contributed by atoms with Gasteiger partial charge in [0.25, 0.3) is 0 Å². The topological polar surface area (TPSA) is 46.5 Å². The van der Waals surface area contributed by atoms with Crippen LogP contribution in [0.4, 0.5) is 0 Å². The minimum absolute atomic E-state index is 0.137. The molecule has 3 nitrogen and oxygen atoms in total. The lowest BCUT2D eigenvalue weighted by Crippen LogP contribution is -2.13. The average molecular weight is 636 g/mol. The fraction of sp³-hybridized carbons (Fsp3) is 0.825. The number of phenolic OH excluding ortho intramolecular Hbond substituents is 1. The number of hydrogen-bond donors (Lipinski definition) is 1. The summed E-state index contributed by atoms with van der Waals surface area (Å²) in [7, 11) is 0.618. The minimum Gasteiger partial charge on any atom is -0.508 e. The molecule has 0 aliphatic heterocycles. The van der Waals surface area contributed by atoms with Crippen molar-refractivity contribution in [2.24, 2.45) is 0 Å². The van der Waals surface area contributed by atoms with Crippen molar-refractivity contribution in [1.82, 2.24) is 0 Å². The zero-order chi connectivity index (χ0) is 32.6. The lowest BCUT2D eigenvalue weighted by atomic mass is 10.1. The first-order valence-corrected chi connectivity index (χ1v) is 21.7. The summed E-state index contributed by atoms with van der Waals surface area (Å²) in [6.07, 6.45) is 42.1. The molecule has 0 amide bonds. The van der Waals surface area contributed by atoms with Crippen molar-refractivity contribution in [3.05, 3.63) is 29.8 Å². The lowest BCUT2D eigenvalue weighted by Gasteiger charge is -2.28. The minimum atomic E-state index is -0.697. The highest BCUT2D eigenvalue weighted by Gasteiger charge is 2.34. The summed E-state index contributed by atoms with van der Waals surface area (Å²) in [5, 5.41) is 8.86. The zero-order valence-corrected chi connectivity index (χ0v) is 31.2. The first kappa shape index (κ1) is 42.9. The fourth-order valence-corrected chi connectivity index (χ4v) is 11.2. The number of carbonyl (C=O) groups excluding carboxylic acids is 1. The summed E-state index contributed by atoms with van der Waals surface area (Å²) in [5.41, 5.74) is 0.435. The molecule has 0 spiro atoms. The highest BCUT2D eigenvalue weighted by Crippen LogP contribution is 2.61. The molecular formula is C40H76O3P+. The number of esters is 1. The van der Waals surface area contributed by atoms with E-state index in [1.54, 1.807) is 50.3 Å². The summed E-state index contributed by atoms with van der Waals surface area (Å²) >= 11 is 0. The van der Waals surface area contributed by atoms with Gasteiger partial charge in [0.15, 0.2) is 0 Å². The van der Waals surface area contributed by atoms with Gasteiger partial charge in [-0.25, -0.2) is 4.79 Å². The van der Waals surface area contributed by atoms with E-state index in [4.69, 9.17) is 5.11 Å². The van der Waals surface area contributed by atoms with Crippen LogP contribution < -0.4 is 0 Å². The van der Waals surface area contributed by atoms with Crippen LogP contribution in [0.15, 0.2) is 24.3 Å². The largest absolute Gasteiger partial charge is 0.508 e. The summed E-state index contributed by atoms with van der Waals surface area (Å²) in [5.74, 6) is -0.261. The Hall–Kier alpha value is -1.08. The normalized spacial score (nSPS) is 11.3. The third-order valence-corrected chi connectivity index (χ3v) is 14.3. The number of rotatable bonds is 29. The van der Waals surface area contributed by atoms with E-state index >= 15 is 0 Å². The van der Waals surface area contributed by atoms with Crippen molar-refractivity contribution in [1.29, 1.82) is 0 Å². The molecule has 4 heteroatoms. The number of phenols is 1. The number of ether oxygens (including phenoxy) is 1. The molecule has 0 bridgehead atoms. The number of aromatic hydroxyl groups is 1. The van der Waals surface area contributed by atoms with Gasteiger partial charge in [-0.05, 0) is 75.6 Å². The molecule has 0 aromatic heterocycles. The number of hydrogen-bond acceptors (Lipinski definition) is 3. The summed E-state index contributed by atoms with van der Waals surface area (Å²) in [6.45, 7) is 9.41. The first-order valence-electron chi connectivity index (χ1n) is 19.2. The molecule has 258 valence electrons. The van der Waals surface area contributed by atoms with E-state index in [0.717, 1.165) is 0 Å². The van der Waals surface area contributed by atoms with Crippen molar-refractivity contribution in [3.8, 4) is 5.75 Å². The van der Waals surface area contributed by atoms with E-state index in [1.807, 2.05) is 0 Å². The third-order valence-electron chi connectivity index (χ3n) is 9.23. The highest BCUT2D eigenvalue weighted by molar-refractivity contribution is 7.75. The highest BCUT2D eigenvalue weighted by atomic mass is 31.2. The number of carbonyl (C=O) groups is 1. The van der Waals surface area contributed by atoms with Crippen LogP contribution in [0.5, 0.6) is 5.75 Å². The van der Waals surface area contributed by atoms with Gasteiger partial charge in [0, 0.05) is 7.26 Å². The van der Waals surface area contributed by atoms with Crippen LogP contribution in [-0.4, -0.2) is 42.8 Å². The maximum atomic E-state index is 10.8. The maximum absolute atomic E-state index is 10.8. The van der Waals surface area contributed by atoms with Gasteiger partial charge in [0.1, 0.15) is 5.75 Å². The molecule has 1 aromatic carbocycles. The van der Waals surface area contributed by atoms with Gasteiger partial charge < -0.3 is 9.84 Å². The molecule has 1 aromatic rings. The zero-order valence-electron chi connectivity index (χ0n) is 30.3. The van der Waals surface area contributed by atoms with Gasteiger partial charge >= 0.3 is 5.97 Å². The Kier molecular flexibility index (Phi) is 31.1. The molecule has 1 N–H and O–H groups in total. The second-order valence-electron chi connectivity index (χ2n) is 13.3. The SMILES string of the molecule is CCCCCCCCCCCCCC[P+](CCCCCC)(CCCCCC)CCCCCC.COC(=O)c1ccc(O)cc1. The van der Waals surface area contributed by atoms with Crippen molar-refractivity contribution in [2.75, 3.05) is 31.8 Å². The van der Waals surface area contributed by atoms with Crippen LogP contribution in [-0.2, 0) is 4.74 Å². The maximum Gasteiger partial charge on any atom is 0.337 e. The van der Waals surface area contributed by atoms with E-state index in [9.17, 15) is 4.79 Å². The third kappa shape index (κ3) is 25.2. The van der Waals surface area contributed by atoms with Crippen LogP contribution >= 0.6 is 7.26 Å². The Morgan fingerprint density at radius 2 is 0.773 bits per heavy atom. The number of unbranched alkanes of at least 4 members (excludes halogenated alkanes) is 20. The summed E-state index contributed by atoms with van der Waals surface area (Å²) < 4.78 is 4.46. The van der Waals surface area contributed by atoms with E-state index in [-0.39, 0.29) is 5.75 Å². The molecule has 0 radical (unpaired) electrons. The Labute approximate surface area is 276 Å². The van der Waals surface area contributed by atoms with Crippen LogP contribution in [0.2, 0.25) is 0 Å². The smallest absolute Gasteiger partial charge is 0.337 e. The molecule has 0 atom stereocenters. The van der Waals surface area contributed by atoms with Crippen molar-refractivity contribution in [2.45, 2.75) is 182 Å². The van der Waals surface area contributed by atoms with Crippen molar-refractivity contribution in [3.63, 3.8) is 0 Å². The van der Waals surface area contributed by atoms with Gasteiger partial charge in [-0.15, -0.1) is 0 Å². The molecule has 0 saturated carbocycles. The van der Waals surface area contributed by atoms with Gasteiger partial charge in [-0.1, -0.05) is 130 Å². The molecule has 1 rings (SSSR count). The fourth-order valence-electron chi connectivity index (χ4n) is 6.30. The quantitative estimate of drug-likeness (QED) is 0.0541. The molecule has 0 aliphatic rings. The number of methoxy groups -OCH3 is 1. The Morgan fingerprint density at radius 3 is 1.07 bits per heavy atom. The van der Waals surface area contributed by atoms with Gasteiger partial charge in [-0.2, -0.15) is 0 Å². The Bertz CT molecular complexity index is 701. The van der Waals surface area contributed by atoms with Crippen LogP contribution in [0.1, 0.15) is 192 Å². The van der Waals surface area contributed by atoms with Crippen LogP contribution in [0.3, 0.4) is 0 Å². The van der Waals surface area contributed by atoms with E-state index in [0.29, 0.717) is 5.56 Å². The van der Waals surface area contributed by atoms with Crippen LogP contribution in [0.25, 0.3) is 0 Å². The predicted molar refractivity (Wildman–Crippen MR) is 199 cm³/mol. The predicted octanol–water partition coefficient (Wildman–Crippen LogP) is 13.6. The van der Waals surface area contributed by atoms with Crippen molar-refractivity contribution >= 4 is 13.2 Å². The lowest BCUT2D eigenvalue weighted by molar-refractivity contribution is 0.0600. The second kappa shape index (κ2) is 31.9. The van der Waals surface area contributed by atoms with Crippen LogP contribution in [0, 0.1) is 0 Å². The number of benzene rings is 1. The standard InChI is InChI=1S/C32H68P.C8H8O3/c1-5-9-13-17-18-19-20-21-22-23-24-28-32-33(29-25-14-10-6-2,30-26-15-11-7-3)31-27-16-12-8-4;1-11-8(10)6-2-4-7(9)5-3-6/h5-32H2,1-4H3;2-5,9H,1H3/q+1;. The van der Waals surface area contributed by atoms with Gasteiger partial charge in [-0.3, -0.25) is 0 Å². The summed E-state index contributed by atoms with van der Waals surface area (Å²) in [6, 6.07) is 5.88. The molecular weight excluding hydrogens is 559 g/mol. The molecule has 0 heterocycles. The summed E-state index contributed by atoms with van der Waals surface area (Å²) in [4.78, 5) is 10.8. The first-order chi connectivity index (χ1) is 21.5. The van der Waals surface area contributed by atoms with E-state index in [2.05, 4.69) is 32.4 Å². The second-order valence-corrected chi connectivity index (χ2v) is 17.8. The van der Waals surface area contributed by atoms with Crippen molar-refractivity contribution < 1.29 is 14.6 Å².